The summed E-state index contributed by atoms with van der Waals surface area (Å²) in [5.41, 5.74) is 0. The normalized spacial score (nSPS) is 16.1. The lowest BCUT2D eigenvalue weighted by Crippen LogP contribution is -2.25. The Hall–Kier alpha value is -0.610. The van der Waals surface area contributed by atoms with Gasteiger partial charge < -0.3 is 0 Å². The van der Waals surface area contributed by atoms with E-state index in [0.29, 0.717) is 0 Å². The molecule has 1 unspecified atom stereocenters. The third kappa shape index (κ3) is 2.80. The Morgan fingerprint density at radius 3 is 2.00 bits per heavy atom. The van der Waals surface area contributed by atoms with Crippen molar-refractivity contribution >= 4 is 0 Å². The molecule has 0 radical (unpaired) electrons. The molecule has 0 amide bonds. The van der Waals surface area contributed by atoms with E-state index in [1.165, 1.54) is 14.0 Å². The molecule has 0 aliphatic heterocycles. The van der Waals surface area contributed by atoms with Crippen molar-refractivity contribution in [2.75, 3.05) is 7.05 Å². The van der Waals surface area contributed by atoms with Gasteiger partial charge in [0, 0.05) is 7.05 Å². The van der Waals surface area contributed by atoms with Crippen LogP contribution in [0.5, 0.6) is 0 Å². The molecular formula is C5H9F3N2. The Balaban J connectivity index is 4.07. The zero-order valence-electron chi connectivity index (χ0n) is 5.81. The molecule has 0 heterocycles. The van der Waals surface area contributed by atoms with Crippen LogP contribution >= 0.6 is 0 Å². The minimum Gasteiger partial charge on any atom is -0.197 e. The van der Waals surface area contributed by atoms with Gasteiger partial charge in [0.25, 0.3) is 0 Å². The third-order valence-corrected chi connectivity index (χ3v) is 1.02. The summed E-state index contributed by atoms with van der Waals surface area (Å²) in [7, 11) is 1.23. The van der Waals surface area contributed by atoms with Gasteiger partial charge >= 0.3 is 6.18 Å². The molecule has 0 aromatic rings. The van der Waals surface area contributed by atoms with Crippen LogP contribution < -0.4 is 0 Å². The van der Waals surface area contributed by atoms with Gasteiger partial charge in [-0.1, -0.05) is 6.92 Å². The Labute approximate surface area is 57.1 Å². The van der Waals surface area contributed by atoms with E-state index >= 15 is 0 Å². The number of rotatable bonds is 2. The van der Waals surface area contributed by atoms with Gasteiger partial charge in [-0.25, -0.2) is 0 Å². The Morgan fingerprint density at radius 2 is 1.90 bits per heavy atom. The monoisotopic (exact) mass is 154 g/mol. The van der Waals surface area contributed by atoms with Crippen LogP contribution in [-0.2, 0) is 0 Å². The van der Waals surface area contributed by atoms with E-state index in [9.17, 15) is 13.2 Å². The maximum absolute atomic E-state index is 11.8. The molecule has 60 valence electrons. The summed E-state index contributed by atoms with van der Waals surface area (Å²) in [6, 6.07) is -1.63. The van der Waals surface area contributed by atoms with Gasteiger partial charge in [-0.05, 0) is 6.42 Å². The minimum atomic E-state index is -4.24. The van der Waals surface area contributed by atoms with Gasteiger partial charge in [0.15, 0.2) is 6.04 Å². The quantitative estimate of drug-likeness (QED) is 0.545. The summed E-state index contributed by atoms with van der Waals surface area (Å²) in [6.45, 7) is 1.42. The molecule has 0 fully saturated rings. The standard InChI is InChI=1S/C5H9F3N2/c1-3-4(10-9-2)5(6,7)8/h4H,3H2,1-2H3. The lowest BCUT2D eigenvalue weighted by molar-refractivity contribution is -0.148. The maximum Gasteiger partial charge on any atom is 0.412 e. The molecule has 0 saturated carbocycles. The van der Waals surface area contributed by atoms with E-state index in [4.69, 9.17) is 0 Å². The van der Waals surface area contributed by atoms with Crippen molar-refractivity contribution in [1.82, 2.24) is 0 Å². The highest BCUT2D eigenvalue weighted by Crippen LogP contribution is 2.24. The van der Waals surface area contributed by atoms with Crippen LogP contribution in [0.4, 0.5) is 13.2 Å². The van der Waals surface area contributed by atoms with Crippen LogP contribution in [0.2, 0.25) is 0 Å². The summed E-state index contributed by atoms with van der Waals surface area (Å²) in [4.78, 5) is 0. The highest BCUT2D eigenvalue weighted by Gasteiger charge is 2.38. The summed E-state index contributed by atoms with van der Waals surface area (Å²) in [6.07, 6.45) is -4.30. The second-order valence-corrected chi connectivity index (χ2v) is 1.78. The van der Waals surface area contributed by atoms with Crippen molar-refractivity contribution in [1.29, 1.82) is 0 Å². The van der Waals surface area contributed by atoms with E-state index in [0.717, 1.165) is 0 Å². The molecule has 0 aromatic carbocycles. The molecule has 0 bridgehead atoms. The molecule has 0 saturated heterocycles. The first-order valence-electron chi connectivity index (χ1n) is 2.88. The average molecular weight is 154 g/mol. The molecule has 0 aliphatic carbocycles. The fourth-order valence-corrected chi connectivity index (χ4v) is 0.518. The first-order chi connectivity index (χ1) is 4.52. The molecule has 5 heteroatoms. The van der Waals surface area contributed by atoms with Crippen LogP contribution in [-0.4, -0.2) is 19.3 Å². The van der Waals surface area contributed by atoms with Crippen LogP contribution in [0.3, 0.4) is 0 Å². The lowest BCUT2D eigenvalue weighted by Gasteiger charge is -2.11. The van der Waals surface area contributed by atoms with Gasteiger partial charge in [0.2, 0.25) is 0 Å². The van der Waals surface area contributed by atoms with Crippen molar-refractivity contribution < 1.29 is 13.2 Å². The molecule has 1 atom stereocenters. The van der Waals surface area contributed by atoms with E-state index in [1.54, 1.807) is 0 Å². The molecule has 2 nitrogen and oxygen atoms in total. The summed E-state index contributed by atoms with van der Waals surface area (Å²) in [5.74, 6) is 0. The number of alkyl halides is 3. The van der Waals surface area contributed by atoms with Crippen LogP contribution in [0, 0.1) is 0 Å². The van der Waals surface area contributed by atoms with Crippen molar-refractivity contribution in [3.05, 3.63) is 0 Å². The summed E-state index contributed by atoms with van der Waals surface area (Å²) in [5, 5.41) is 6.09. The fourth-order valence-electron chi connectivity index (χ4n) is 0.518. The zero-order valence-corrected chi connectivity index (χ0v) is 5.81. The predicted molar refractivity (Wildman–Crippen MR) is 30.9 cm³/mol. The van der Waals surface area contributed by atoms with Gasteiger partial charge in [-0.3, -0.25) is 0 Å². The van der Waals surface area contributed by atoms with E-state index < -0.39 is 12.2 Å². The van der Waals surface area contributed by atoms with E-state index in [1.807, 2.05) is 0 Å². The fraction of sp³-hybridized carbons (Fsp3) is 1.00. The predicted octanol–water partition coefficient (Wildman–Crippen LogP) is 2.41. The SMILES string of the molecule is CCC(N=NC)C(F)(F)F. The zero-order chi connectivity index (χ0) is 8.20. The molecule has 0 aliphatic rings. The molecule has 0 spiro atoms. The minimum absolute atomic E-state index is 0.0547. The Morgan fingerprint density at radius 1 is 1.40 bits per heavy atom. The van der Waals surface area contributed by atoms with Crippen LogP contribution in [0.25, 0.3) is 0 Å². The molecule has 0 aromatic heterocycles. The second kappa shape index (κ2) is 3.53. The molecule has 0 rings (SSSR count). The first-order valence-corrected chi connectivity index (χ1v) is 2.88. The van der Waals surface area contributed by atoms with Gasteiger partial charge in [0.1, 0.15) is 0 Å². The van der Waals surface area contributed by atoms with Crippen molar-refractivity contribution in [2.45, 2.75) is 25.6 Å². The molecular weight excluding hydrogens is 145 g/mol. The van der Waals surface area contributed by atoms with Crippen molar-refractivity contribution in [3.8, 4) is 0 Å². The second-order valence-electron chi connectivity index (χ2n) is 1.78. The number of hydrogen-bond donors (Lipinski definition) is 0. The summed E-state index contributed by atoms with van der Waals surface area (Å²) >= 11 is 0. The largest absolute Gasteiger partial charge is 0.412 e. The highest BCUT2D eigenvalue weighted by molar-refractivity contribution is 4.70. The first kappa shape index (κ1) is 9.39. The van der Waals surface area contributed by atoms with Crippen molar-refractivity contribution in [2.24, 2.45) is 10.2 Å². The average Bonchev–Trinajstić information content (AvgIpc) is 1.80. The van der Waals surface area contributed by atoms with E-state index in [2.05, 4.69) is 10.2 Å². The van der Waals surface area contributed by atoms with Crippen molar-refractivity contribution in [3.63, 3.8) is 0 Å². The lowest BCUT2D eigenvalue weighted by atomic mass is 10.2. The number of nitrogens with zero attached hydrogens (tertiary/aromatic N) is 2. The highest BCUT2D eigenvalue weighted by atomic mass is 19.4. The summed E-state index contributed by atoms with van der Waals surface area (Å²) < 4.78 is 35.3. The van der Waals surface area contributed by atoms with Gasteiger partial charge in [-0.15, -0.1) is 0 Å². The molecule has 0 N–H and O–H groups in total. The Bertz CT molecular complexity index is 119. The smallest absolute Gasteiger partial charge is 0.197 e. The number of halogens is 3. The van der Waals surface area contributed by atoms with Gasteiger partial charge in [-0.2, -0.15) is 23.4 Å². The van der Waals surface area contributed by atoms with Gasteiger partial charge in [0.05, 0.1) is 0 Å². The Kier molecular flexibility index (Phi) is 3.32. The number of hydrogen-bond acceptors (Lipinski definition) is 2. The number of azo groups is 1. The van der Waals surface area contributed by atoms with Crippen LogP contribution in [0.1, 0.15) is 13.3 Å². The van der Waals surface area contributed by atoms with E-state index in [-0.39, 0.29) is 6.42 Å². The molecule has 10 heavy (non-hydrogen) atoms. The maximum atomic E-state index is 11.8. The van der Waals surface area contributed by atoms with Crippen LogP contribution in [0.15, 0.2) is 10.2 Å². The third-order valence-electron chi connectivity index (χ3n) is 1.02. The topological polar surface area (TPSA) is 24.7 Å².